The highest BCUT2D eigenvalue weighted by Gasteiger charge is 2.34. The summed E-state index contributed by atoms with van der Waals surface area (Å²) in [4.78, 5) is 19.8. The number of nitrogens with zero attached hydrogens (tertiary/aromatic N) is 3. The average molecular weight is 275 g/mol. The summed E-state index contributed by atoms with van der Waals surface area (Å²) in [6.07, 6.45) is -3.98. The van der Waals surface area contributed by atoms with Crippen LogP contribution in [0.5, 0.6) is 0 Å². The van der Waals surface area contributed by atoms with Crippen molar-refractivity contribution in [1.29, 1.82) is 0 Å². The molecule has 9 heteroatoms. The van der Waals surface area contributed by atoms with Gasteiger partial charge in [-0.3, -0.25) is 4.79 Å². The van der Waals surface area contributed by atoms with E-state index >= 15 is 0 Å². The smallest absolute Gasteiger partial charge is 0.368 e. The van der Waals surface area contributed by atoms with E-state index < -0.39 is 17.8 Å². The zero-order valence-electron chi connectivity index (χ0n) is 9.87. The van der Waals surface area contributed by atoms with E-state index in [4.69, 9.17) is 5.73 Å². The fourth-order valence-electron chi connectivity index (χ4n) is 1.76. The standard InChI is InChI=1S/C10H12F3N5O/c11-10(12,13)6-4-7(17-9(14)16-6)18-3-1-2-15-8(19)5-18/h4H,1-3,5H2,(H,15,19)(H2,14,16,17). The second kappa shape index (κ2) is 4.90. The van der Waals surface area contributed by atoms with Crippen molar-refractivity contribution >= 4 is 17.7 Å². The van der Waals surface area contributed by atoms with Crippen LogP contribution < -0.4 is 16.0 Å². The van der Waals surface area contributed by atoms with Gasteiger partial charge in [-0.25, -0.2) is 4.98 Å². The third kappa shape index (κ3) is 3.24. The molecular weight excluding hydrogens is 263 g/mol. The monoisotopic (exact) mass is 275 g/mol. The number of hydrogen-bond acceptors (Lipinski definition) is 5. The highest BCUT2D eigenvalue weighted by atomic mass is 19.4. The van der Waals surface area contributed by atoms with Crippen LogP contribution in [-0.2, 0) is 11.0 Å². The molecule has 3 N–H and O–H groups in total. The lowest BCUT2D eigenvalue weighted by molar-refractivity contribution is -0.141. The van der Waals surface area contributed by atoms with Gasteiger partial charge in [0.25, 0.3) is 0 Å². The normalized spacial score (nSPS) is 17.0. The SMILES string of the molecule is Nc1nc(N2CCCNC(=O)C2)cc(C(F)(F)F)n1. The van der Waals surface area contributed by atoms with Crippen LogP contribution in [0.1, 0.15) is 12.1 Å². The molecule has 1 amide bonds. The van der Waals surface area contributed by atoms with Gasteiger partial charge in [-0.15, -0.1) is 0 Å². The van der Waals surface area contributed by atoms with Crippen molar-refractivity contribution in [2.45, 2.75) is 12.6 Å². The maximum atomic E-state index is 12.6. The number of nitrogens with one attached hydrogen (secondary N) is 1. The molecule has 19 heavy (non-hydrogen) atoms. The van der Waals surface area contributed by atoms with Crippen LogP contribution in [-0.4, -0.2) is 35.5 Å². The minimum atomic E-state index is -4.60. The number of nitrogen functional groups attached to an aromatic ring is 1. The summed E-state index contributed by atoms with van der Waals surface area (Å²) in [5, 5.41) is 2.63. The maximum Gasteiger partial charge on any atom is 0.433 e. The Morgan fingerprint density at radius 2 is 2.11 bits per heavy atom. The number of aromatic nitrogens is 2. The number of rotatable bonds is 1. The van der Waals surface area contributed by atoms with E-state index in [9.17, 15) is 18.0 Å². The van der Waals surface area contributed by atoms with E-state index in [0.717, 1.165) is 6.07 Å². The number of halogens is 3. The Labute approximate surface area is 106 Å². The van der Waals surface area contributed by atoms with E-state index in [-0.39, 0.29) is 18.3 Å². The minimum Gasteiger partial charge on any atom is -0.368 e. The van der Waals surface area contributed by atoms with Crippen molar-refractivity contribution in [2.24, 2.45) is 0 Å². The van der Waals surface area contributed by atoms with Gasteiger partial charge in [0.2, 0.25) is 11.9 Å². The number of amides is 1. The van der Waals surface area contributed by atoms with Crippen LogP contribution >= 0.6 is 0 Å². The number of carbonyl (C=O) groups excluding carboxylic acids is 1. The summed E-state index contributed by atoms with van der Waals surface area (Å²) in [5.41, 5.74) is 4.18. The van der Waals surface area contributed by atoms with Crippen molar-refractivity contribution in [1.82, 2.24) is 15.3 Å². The number of carbonyl (C=O) groups is 1. The molecule has 2 heterocycles. The molecule has 0 radical (unpaired) electrons. The Hall–Kier alpha value is -2.06. The van der Waals surface area contributed by atoms with Gasteiger partial charge in [-0.05, 0) is 6.42 Å². The Morgan fingerprint density at radius 3 is 2.79 bits per heavy atom. The van der Waals surface area contributed by atoms with Gasteiger partial charge in [0.05, 0.1) is 6.54 Å². The summed E-state index contributed by atoms with van der Waals surface area (Å²) < 4.78 is 37.9. The van der Waals surface area contributed by atoms with Crippen LogP contribution in [0.15, 0.2) is 6.07 Å². The number of anilines is 2. The van der Waals surface area contributed by atoms with Gasteiger partial charge in [0.1, 0.15) is 5.82 Å². The molecule has 1 fully saturated rings. The summed E-state index contributed by atoms with van der Waals surface area (Å²) in [6, 6.07) is 0.801. The van der Waals surface area contributed by atoms with Crippen molar-refractivity contribution in [3.05, 3.63) is 11.8 Å². The zero-order chi connectivity index (χ0) is 14.0. The first-order valence-corrected chi connectivity index (χ1v) is 5.59. The lowest BCUT2D eigenvalue weighted by atomic mass is 10.3. The quantitative estimate of drug-likeness (QED) is 0.775. The molecule has 1 aliphatic rings. The van der Waals surface area contributed by atoms with Gasteiger partial charge in [0, 0.05) is 19.2 Å². The zero-order valence-corrected chi connectivity index (χ0v) is 9.87. The molecule has 0 saturated carbocycles. The largest absolute Gasteiger partial charge is 0.433 e. The van der Waals surface area contributed by atoms with Crippen LogP contribution in [0.3, 0.4) is 0 Å². The van der Waals surface area contributed by atoms with Crippen molar-refractivity contribution in [3.63, 3.8) is 0 Å². The van der Waals surface area contributed by atoms with E-state index in [1.54, 1.807) is 0 Å². The van der Waals surface area contributed by atoms with Crippen LogP contribution in [0.4, 0.5) is 24.9 Å². The van der Waals surface area contributed by atoms with Gasteiger partial charge in [-0.1, -0.05) is 0 Å². The Balaban J connectivity index is 2.33. The lowest BCUT2D eigenvalue weighted by Gasteiger charge is -2.21. The summed E-state index contributed by atoms with van der Waals surface area (Å²) in [5.74, 6) is -0.713. The van der Waals surface area contributed by atoms with Gasteiger partial charge >= 0.3 is 6.18 Å². The maximum absolute atomic E-state index is 12.6. The Bertz CT molecular complexity index is 491. The molecule has 1 aromatic heterocycles. The average Bonchev–Trinajstić information content (AvgIpc) is 2.52. The molecule has 0 atom stereocenters. The second-order valence-corrected chi connectivity index (χ2v) is 4.09. The molecule has 0 aromatic carbocycles. The molecule has 1 aromatic rings. The fraction of sp³-hybridized carbons (Fsp3) is 0.500. The molecular formula is C10H12F3N5O. The summed E-state index contributed by atoms with van der Waals surface area (Å²) >= 11 is 0. The first-order chi connectivity index (χ1) is 8.86. The topological polar surface area (TPSA) is 84.1 Å². The van der Waals surface area contributed by atoms with Gasteiger partial charge < -0.3 is 16.0 Å². The highest BCUT2D eigenvalue weighted by Crippen LogP contribution is 2.30. The van der Waals surface area contributed by atoms with Crippen LogP contribution in [0.25, 0.3) is 0 Å². The summed E-state index contributed by atoms with van der Waals surface area (Å²) in [6.45, 7) is 0.863. The van der Waals surface area contributed by atoms with Crippen molar-refractivity contribution in [3.8, 4) is 0 Å². The third-order valence-corrected chi connectivity index (χ3v) is 2.61. The van der Waals surface area contributed by atoms with E-state index in [1.807, 2.05) is 0 Å². The first-order valence-electron chi connectivity index (χ1n) is 5.59. The Morgan fingerprint density at radius 1 is 1.37 bits per heavy atom. The predicted molar refractivity (Wildman–Crippen MR) is 61.3 cm³/mol. The lowest BCUT2D eigenvalue weighted by Crippen LogP contribution is -2.34. The molecule has 1 aliphatic heterocycles. The molecule has 0 unspecified atom stereocenters. The van der Waals surface area contributed by atoms with Crippen molar-refractivity contribution < 1.29 is 18.0 Å². The molecule has 0 bridgehead atoms. The molecule has 2 rings (SSSR count). The Kier molecular flexibility index (Phi) is 3.45. The molecule has 0 aliphatic carbocycles. The third-order valence-electron chi connectivity index (χ3n) is 2.61. The summed E-state index contributed by atoms with van der Waals surface area (Å²) in [7, 11) is 0. The van der Waals surface area contributed by atoms with E-state index in [0.29, 0.717) is 19.5 Å². The van der Waals surface area contributed by atoms with E-state index in [2.05, 4.69) is 15.3 Å². The number of alkyl halides is 3. The highest BCUT2D eigenvalue weighted by molar-refractivity contribution is 5.81. The fourth-order valence-corrected chi connectivity index (χ4v) is 1.76. The first kappa shape index (κ1) is 13.4. The minimum absolute atomic E-state index is 0.0110. The molecule has 104 valence electrons. The van der Waals surface area contributed by atoms with Gasteiger partial charge in [0.15, 0.2) is 5.69 Å². The molecule has 1 saturated heterocycles. The molecule has 6 nitrogen and oxygen atoms in total. The van der Waals surface area contributed by atoms with Crippen molar-refractivity contribution in [2.75, 3.05) is 30.3 Å². The van der Waals surface area contributed by atoms with E-state index in [1.165, 1.54) is 4.90 Å². The number of nitrogens with two attached hydrogens (primary N) is 1. The number of hydrogen-bond donors (Lipinski definition) is 2. The van der Waals surface area contributed by atoms with Crippen LogP contribution in [0.2, 0.25) is 0 Å². The van der Waals surface area contributed by atoms with Crippen LogP contribution in [0, 0.1) is 0 Å². The molecule has 0 spiro atoms. The predicted octanol–water partition coefficient (Wildman–Crippen LogP) is 0.404. The van der Waals surface area contributed by atoms with Gasteiger partial charge in [-0.2, -0.15) is 18.2 Å². The second-order valence-electron chi connectivity index (χ2n) is 4.09.